The Labute approximate surface area is 127 Å². The van der Waals surface area contributed by atoms with Gasteiger partial charge in [0, 0.05) is 31.4 Å². The molecule has 1 aromatic heterocycles. The van der Waals surface area contributed by atoms with Crippen LogP contribution in [0, 0.1) is 0 Å². The summed E-state index contributed by atoms with van der Waals surface area (Å²) in [4.78, 5) is 12.2. The third kappa shape index (κ3) is 4.56. The van der Waals surface area contributed by atoms with E-state index in [1.165, 1.54) is 24.8 Å². The summed E-state index contributed by atoms with van der Waals surface area (Å²) in [6.07, 6.45) is 8.98. The summed E-state index contributed by atoms with van der Waals surface area (Å²) < 4.78 is 1.84. The molecule has 5 heteroatoms. The standard InChI is InChI=1S/C16H28N4O/c1-4-15-13(11-20(3)19-15)10-17-12(2)16(21)18-14-8-6-5-7-9-14/h11-12,14,17H,4-10H2,1-3H3,(H,18,21). The van der Waals surface area contributed by atoms with Gasteiger partial charge >= 0.3 is 0 Å². The summed E-state index contributed by atoms with van der Waals surface area (Å²) in [5, 5.41) is 10.9. The van der Waals surface area contributed by atoms with E-state index in [0.717, 1.165) is 25.0 Å². The van der Waals surface area contributed by atoms with Crippen LogP contribution in [0.25, 0.3) is 0 Å². The van der Waals surface area contributed by atoms with E-state index < -0.39 is 0 Å². The molecule has 1 unspecified atom stereocenters. The Morgan fingerprint density at radius 2 is 2.14 bits per heavy atom. The molecular formula is C16H28N4O. The maximum atomic E-state index is 12.2. The van der Waals surface area contributed by atoms with Crippen LogP contribution < -0.4 is 10.6 Å². The Morgan fingerprint density at radius 3 is 2.81 bits per heavy atom. The number of aromatic nitrogens is 2. The fourth-order valence-electron chi connectivity index (χ4n) is 2.96. The van der Waals surface area contributed by atoms with Gasteiger partial charge in [-0.2, -0.15) is 5.10 Å². The molecular weight excluding hydrogens is 264 g/mol. The largest absolute Gasteiger partial charge is 0.352 e. The summed E-state index contributed by atoms with van der Waals surface area (Å²) in [5.41, 5.74) is 2.28. The normalized spacial score (nSPS) is 17.7. The first kappa shape index (κ1) is 16.0. The first-order chi connectivity index (χ1) is 10.1. The van der Waals surface area contributed by atoms with Gasteiger partial charge in [-0.1, -0.05) is 26.2 Å². The Morgan fingerprint density at radius 1 is 1.43 bits per heavy atom. The van der Waals surface area contributed by atoms with Crippen LogP contribution in [0.3, 0.4) is 0 Å². The molecule has 118 valence electrons. The minimum atomic E-state index is -0.170. The second-order valence-electron chi connectivity index (χ2n) is 6.07. The zero-order valence-corrected chi connectivity index (χ0v) is 13.5. The molecule has 0 aliphatic heterocycles. The highest BCUT2D eigenvalue weighted by Gasteiger charge is 2.19. The molecule has 1 amide bonds. The first-order valence-electron chi connectivity index (χ1n) is 8.15. The molecule has 2 rings (SSSR count). The van der Waals surface area contributed by atoms with Gasteiger partial charge in [0.25, 0.3) is 0 Å². The Hall–Kier alpha value is -1.36. The molecule has 0 spiro atoms. The van der Waals surface area contributed by atoms with Gasteiger partial charge in [-0.15, -0.1) is 0 Å². The van der Waals surface area contributed by atoms with Gasteiger partial charge in [-0.25, -0.2) is 0 Å². The Bertz CT molecular complexity index is 463. The average molecular weight is 292 g/mol. The predicted molar refractivity (Wildman–Crippen MR) is 83.9 cm³/mol. The molecule has 1 aromatic rings. The van der Waals surface area contributed by atoms with E-state index in [2.05, 4.69) is 22.7 Å². The Kier molecular flexibility index (Phi) is 5.79. The molecule has 5 nitrogen and oxygen atoms in total. The maximum Gasteiger partial charge on any atom is 0.237 e. The van der Waals surface area contributed by atoms with Gasteiger partial charge in [-0.3, -0.25) is 9.48 Å². The van der Waals surface area contributed by atoms with E-state index in [9.17, 15) is 4.79 Å². The molecule has 1 saturated carbocycles. The second-order valence-corrected chi connectivity index (χ2v) is 6.07. The molecule has 2 N–H and O–H groups in total. The van der Waals surface area contributed by atoms with Crippen molar-refractivity contribution < 1.29 is 4.79 Å². The van der Waals surface area contributed by atoms with Crippen LogP contribution in [-0.2, 0) is 24.8 Å². The number of aryl methyl sites for hydroxylation is 2. The predicted octanol–water partition coefficient (Wildman–Crippen LogP) is 1.91. The van der Waals surface area contributed by atoms with Gasteiger partial charge in [0.05, 0.1) is 11.7 Å². The highest BCUT2D eigenvalue weighted by molar-refractivity contribution is 5.81. The Balaban J connectivity index is 1.80. The number of carbonyl (C=O) groups is 1. The molecule has 0 radical (unpaired) electrons. The third-order valence-corrected chi connectivity index (χ3v) is 4.27. The van der Waals surface area contributed by atoms with Crippen molar-refractivity contribution >= 4 is 5.91 Å². The lowest BCUT2D eigenvalue weighted by atomic mass is 9.95. The lowest BCUT2D eigenvalue weighted by molar-refractivity contribution is -0.123. The summed E-state index contributed by atoms with van der Waals surface area (Å²) in [7, 11) is 1.93. The molecule has 21 heavy (non-hydrogen) atoms. The summed E-state index contributed by atoms with van der Waals surface area (Å²) in [6.45, 7) is 4.72. The van der Waals surface area contributed by atoms with Gasteiger partial charge in [0.15, 0.2) is 0 Å². The van der Waals surface area contributed by atoms with E-state index in [1.807, 2.05) is 24.9 Å². The lowest BCUT2D eigenvalue weighted by Crippen LogP contribution is -2.46. The number of nitrogens with zero attached hydrogens (tertiary/aromatic N) is 2. The van der Waals surface area contributed by atoms with E-state index in [0.29, 0.717) is 12.6 Å². The van der Waals surface area contributed by atoms with Crippen LogP contribution in [0.2, 0.25) is 0 Å². The van der Waals surface area contributed by atoms with E-state index in [4.69, 9.17) is 0 Å². The molecule has 1 atom stereocenters. The lowest BCUT2D eigenvalue weighted by Gasteiger charge is -2.24. The topological polar surface area (TPSA) is 59.0 Å². The van der Waals surface area contributed by atoms with Gasteiger partial charge in [0.1, 0.15) is 0 Å². The van der Waals surface area contributed by atoms with Crippen LogP contribution >= 0.6 is 0 Å². The number of rotatable bonds is 6. The SMILES string of the molecule is CCc1nn(C)cc1CNC(C)C(=O)NC1CCCCC1. The highest BCUT2D eigenvalue weighted by atomic mass is 16.2. The van der Waals surface area contributed by atoms with Crippen molar-refractivity contribution in [3.8, 4) is 0 Å². The van der Waals surface area contributed by atoms with Gasteiger partial charge in [0.2, 0.25) is 5.91 Å². The summed E-state index contributed by atoms with van der Waals surface area (Å²) >= 11 is 0. The van der Waals surface area contributed by atoms with Crippen molar-refractivity contribution in [3.63, 3.8) is 0 Å². The van der Waals surface area contributed by atoms with Crippen LogP contribution in [0.1, 0.15) is 57.2 Å². The van der Waals surface area contributed by atoms with Crippen molar-refractivity contribution in [3.05, 3.63) is 17.5 Å². The fourth-order valence-corrected chi connectivity index (χ4v) is 2.96. The van der Waals surface area contributed by atoms with Crippen molar-refractivity contribution in [2.45, 2.75) is 71.0 Å². The van der Waals surface area contributed by atoms with Gasteiger partial charge < -0.3 is 10.6 Å². The minimum absolute atomic E-state index is 0.115. The van der Waals surface area contributed by atoms with Crippen LogP contribution in [0.5, 0.6) is 0 Å². The molecule has 0 aromatic carbocycles. The molecule has 1 heterocycles. The van der Waals surface area contributed by atoms with Crippen molar-refractivity contribution in [2.75, 3.05) is 0 Å². The monoisotopic (exact) mass is 292 g/mol. The van der Waals surface area contributed by atoms with E-state index >= 15 is 0 Å². The van der Waals surface area contributed by atoms with Crippen molar-refractivity contribution in [2.24, 2.45) is 7.05 Å². The average Bonchev–Trinajstić information content (AvgIpc) is 2.85. The third-order valence-electron chi connectivity index (χ3n) is 4.27. The molecule has 0 saturated heterocycles. The zero-order chi connectivity index (χ0) is 15.2. The maximum absolute atomic E-state index is 12.2. The number of carbonyl (C=O) groups excluding carboxylic acids is 1. The number of nitrogens with one attached hydrogen (secondary N) is 2. The van der Waals surface area contributed by atoms with Crippen LogP contribution in [-0.4, -0.2) is 27.8 Å². The molecule has 1 aliphatic carbocycles. The van der Waals surface area contributed by atoms with Crippen LogP contribution in [0.15, 0.2) is 6.20 Å². The summed E-state index contributed by atoms with van der Waals surface area (Å²) in [5.74, 6) is 0.115. The molecule has 1 aliphatic rings. The summed E-state index contributed by atoms with van der Waals surface area (Å²) in [6, 6.07) is 0.205. The number of amides is 1. The van der Waals surface area contributed by atoms with Gasteiger partial charge in [-0.05, 0) is 26.2 Å². The quantitative estimate of drug-likeness (QED) is 0.842. The van der Waals surface area contributed by atoms with Crippen molar-refractivity contribution in [1.29, 1.82) is 0 Å². The number of hydrogen-bond donors (Lipinski definition) is 2. The second kappa shape index (κ2) is 7.59. The highest BCUT2D eigenvalue weighted by Crippen LogP contribution is 2.17. The minimum Gasteiger partial charge on any atom is -0.352 e. The van der Waals surface area contributed by atoms with E-state index in [-0.39, 0.29) is 11.9 Å². The van der Waals surface area contributed by atoms with Crippen molar-refractivity contribution in [1.82, 2.24) is 20.4 Å². The first-order valence-corrected chi connectivity index (χ1v) is 8.15. The zero-order valence-electron chi connectivity index (χ0n) is 13.5. The smallest absolute Gasteiger partial charge is 0.237 e. The van der Waals surface area contributed by atoms with Crippen LogP contribution in [0.4, 0.5) is 0 Å². The molecule has 0 bridgehead atoms. The van der Waals surface area contributed by atoms with E-state index in [1.54, 1.807) is 0 Å². The number of hydrogen-bond acceptors (Lipinski definition) is 3. The fraction of sp³-hybridized carbons (Fsp3) is 0.750. The molecule has 1 fully saturated rings.